The van der Waals surface area contributed by atoms with Crippen molar-refractivity contribution in [1.82, 2.24) is 0 Å². The Bertz CT molecular complexity index is 1140. The first-order valence-corrected chi connectivity index (χ1v) is 10.4. The lowest BCUT2D eigenvalue weighted by atomic mass is 10.1. The molecule has 0 saturated heterocycles. The molecule has 0 aliphatic rings. The van der Waals surface area contributed by atoms with Crippen LogP contribution in [0, 0.1) is 0 Å². The quantitative estimate of drug-likeness (QED) is 0.399. The number of nitrogens with one attached hydrogen (secondary N) is 1. The molecule has 8 nitrogen and oxygen atoms in total. The zero-order valence-electron chi connectivity index (χ0n) is 16.2. The van der Waals surface area contributed by atoms with Gasteiger partial charge in [-0.05, 0) is 42.5 Å². The van der Waals surface area contributed by atoms with Crippen molar-refractivity contribution in [3.8, 4) is 0 Å². The van der Waals surface area contributed by atoms with Crippen molar-refractivity contribution in [1.29, 1.82) is 0 Å². The highest BCUT2D eigenvalue weighted by Crippen LogP contribution is 2.37. The van der Waals surface area contributed by atoms with E-state index >= 15 is 0 Å². The second kappa shape index (κ2) is 8.56. The molecular formula is C20H23N5O3S. The number of azo groups is 1. The van der Waals surface area contributed by atoms with Crippen LogP contribution in [-0.4, -0.2) is 40.2 Å². The molecule has 4 N–H and O–H groups in total. The summed E-state index contributed by atoms with van der Waals surface area (Å²) in [5.74, 6) is 0. The molecule has 0 aromatic heterocycles. The van der Waals surface area contributed by atoms with Crippen LogP contribution < -0.4 is 16.0 Å². The summed E-state index contributed by atoms with van der Waals surface area (Å²) in [5, 5.41) is 12.7. The highest BCUT2D eigenvalue weighted by atomic mass is 32.2. The fraction of sp³-hybridized carbons (Fsp3) is 0.200. The molecule has 0 radical (unpaired) electrons. The lowest BCUT2D eigenvalue weighted by molar-refractivity contribution is 0.484. The molecule has 3 aromatic rings. The predicted molar refractivity (Wildman–Crippen MR) is 116 cm³/mol. The third-order valence-electron chi connectivity index (χ3n) is 4.36. The van der Waals surface area contributed by atoms with Crippen LogP contribution in [-0.2, 0) is 10.1 Å². The van der Waals surface area contributed by atoms with Crippen LogP contribution >= 0.6 is 0 Å². The molecule has 0 heterocycles. The summed E-state index contributed by atoms with van der Waals surface area (Å²) in [4.78, 5) is 1.80. The van der Waals surface area contributed by atoms with E-state index in [1.165, 1.54) is 12.1 Å². The summed E-state index contributed by atoms with van der Waals surface area (Å²) < 4.78 is 33.2. The van der Waals surface area contributed by atoms with Crippen LogP contribution in [0.1, 0.15) is 0 Å². The van der Waals surface area contributed by atoms with Crippen molar-refractivity contribution in [3.63, 3.8) is 0 Å². The molecule has 9 heteroatoms. The summed E-state index contributed by atoms with van der Waals surface area (Å²) in [6, 6.07) is 15.5. The molecule has 3 rings (SSSR count). The third-order valence-corrected chi connectivity index (χ3v) is 5.27. The van der Waals surface area contributed by atoms with Gasteiger partial charge in [0.1, 0.15) is 4.90 Å². The normalized spacial score (nSPS) is 11.9. The number of rotatable bonds is 7. The topological polar surface area (TPSA) is 120 Å². The van der Waals surface area contributed by atoms with E-state index in [1.807, 2.05) is 43.3 Å². The Kier molecular flexibility index (Phi) is 6.12. The second-order valence-electron chi connectivity index (χ2n) is 6.61. The number of fused-ring (bicyclic) bond motifs is 1. The summed E-state index contributed by atoms with van der Waals surface area (Å²) in [6.45, 7) is 0.904. The highest BCUT2D eigenvalue weighted by Gasteiger charge is 2.18. The molecule has 3 aromatic carbocycles. The molecule has 0 aliphatic heterocycles. The van der Waals surface area contributed by atoms with Gasteiger partial charge in [-0.25, -0.2) is 0 Å². The van der Waals surface area contributed by atoms with Crippen LogP contribution in [0.5, 0.6) is 0 Å². The maximum absolute atomic E-state index is 11.8. The maximum Gasteiger partial charge on any atom is 0.295 e. The molecule has 29 heavy (non-hydrogen) atoms. The first-order valence-electron chi connectivity index (χ1n) is 8.97. The molecular weight excluding hydrogens is 390 g/mol. The molecule has 0 atom stereocenters. The zero-order valence-corrected chi connectivity index (χ0v) is 17.0. The fourth-order valence-corrected chi connectivity index (χ4v) is 3.64. The Labute approximate surface area is 169 Å². The standard InChI is InChI=1S/C20H23N5O3S/c1-25(2)15-8-6-14(7-9-15)23-24-18-10-11-19(29(26,27)28)16-4-3-5-17(20(16)18)22-13-12-21/h3-11,22H,12-13,21H2,1-2H3,(H,26,27,28). The monoisotopic (exact) mass is 413 g/mol. The lowest BCUT2D eigenvalue weighted by Crippen LogP contribution is -2.13. The van der Waals surface area contributed by atoms with Gasteiger partial charge in [-0.1, -0.05) is 12.1 Å². The Balaban J connectivity index is 2.11. The van der Waals surface area contributed by atoms with E-state index in [4.69, 9.17) is 5.73 Å². The van der Waals surface area contributed by atoms with E-state index < -0.39 is 10.1 Å². The highest BCUT2D eigenvalue weighted by molar-refractivity contribution is 7.86. The number of hydrogen-bond donors (Lipinski definition) is 3. The maximum atomic E-state index is 11.8. The molecule has 0 amide bonds. The van der Waals surface area contributed by atoms with E-state index in [2.05, 4.69) is 15.5 Å². The summed E-state index contributed by atoms with van der Waals surface area (Å²) in [7, 11) is -0.486. The molecule has 0 saturated carbocycles. The number of benzene rings is 3. The van der Waals surface area contributed by atoms with Gasteiger partial charge in [-0.2, -0.15) is 13.5 Å². The van der Waals surface area contributed by atoms with Crippen LogP contribution in [0.3, 0.4) is 0 Å². The van der Waals surface area contributed by atoms with Crippen molar-refractivity contribution in [3.05, 3.63) is 54.6 Å². The smallest absolute Gasteiger partial charge is 0.295 e. The molecule has 0 unspecified atom stereocenters. The number of nitrogens with zero attached hydrogens (tertiary/aromatic N) is 3. The minimum Gasteiger partial charge on any atom is -0.383 e. The van der Waals surface area contributed by atoms with Gasteiger partial charge in [0, 0.05) is 49.3 Å². The van der Waals surface area contributed by atoms with Crippen LogP contribution in [0.15, 0.2) is 69.7 Å². The largest absolute Gasteiger partial charge is 0.383 e. The Hall–Kier alpha value is -3.01. The van der Waals surface area contributed by atoms with Crippen molar-refractivity contribution in [2.24, 2.45) is 16.0 Å². The Morgan fingerprint density at radius 3 is 2.38 bits per heavy atom. The van der Waals surface area contributed by atoms with E-state index in [1.54, 1.807) is 18.2 Å². The van der Waals surface area contributed by atoms with Gasteiger partial charge in [0.25, 0.3) is 10.1 Å². The predicted octanol–water partition coefficient (Wildman–Crippen LogP) is 3.94. The van der Waals surface area contributed by atoms with Gasteiger partial charge in [0.15, 0.2) is 0 Å². The summed E-state index contributed by atoms with van der Waals surface area (Å²) in [5.41, 5.74) is 8.42. The Morgan fingerprint density at radius 2 is 1.76 bits per heavy atom. The summed E-state index contributed by atoms with van der Waals surface area (Å²) >= 11 is 0. The van der Waals surface area contributed by atoms with E-state index in [0.717, 1.165) is 5.69 Å². The van der Waals surface area contributed by atoms with Crippen LogP contribution in [0.4, 0.5) is 22.7 Å². The van der Waals surface area contributed by atoms with Gasteiger partial charge in [0.2, 0.25) is 0 Å². The first-order chi connectivity index (χ1) is 13.8. The van der Waals surface area contributed by atoms with Crippen LogP contribution in [0.25, 0.3) is 10.8 Å². The van der Waals surface area contributed by atoms with Crippen molar-refractivity contribution < 1.29 is 13.0 Å². The van der Waals surface area contributed by atoms with Crippen LogP contribution in [0.2, 0.25) is 0 Å². The zero-order chi connectivity index (χ0) is 21.0. The van der Waals surface area contributed by atoms with Gasteiger partial charge in [0.05, 0.1) is 11.4 Å². The SMILES string of the molecule is CN(C)c1ccc(N=Nc2ccc(S(=O)(=O)O)c3cccc(NCCN)c23)cc1. The fourth-order valence-electron chi connectivity index (χ4n) is 2.95. The van der Waals surface area contributed by atoms with Crippen molar-refractivity contribution in [2.75, 3.05) is 37.4 Å². The van der Waals surface area contributed by atoms with E-state index in [-0.39, 0.29) is 4.90 Å². The van der Waals surface area contributed by atoms with Crippen molar-refractivity contribution in [2.45, 2.75) is 4.90 Å². The average molecular weight is 414 g/mol. The second-order valence-corrected chi connectivity index (χ2v) is 8.00. The number of anilines is 2. The van der Waals surface area contributed by atoms with Gasteiger partial charge in [-0.15, -0.1) is 5.11 Å². The first kappa shape index (κ1) is 20.7. The third kappa shape index (κ3) is 4.70. The average Bonchev–Trinajstić information content (AvgIpc) is 2.69. The van der Waals surface area contributed by atoms with E-state index in [0.29, 0.717) is 40.9 Å². The summed E-state index contributed by atoms with van der Waals surface area (Å²) in [6.07, 6.45) is 0. The lowest BCUT2D eigenvalue weighted by Gasteiger charge is -2.13. The molecule has 0 fully saturated rings. The van der Waals surface area contributed by atoms with E-state index in [9.17, 15) is 13.0 Å². The Morgan fingerprint density at radius 1 is 1.03 bits per heavy atom. The van der Waals surface area contributed by atoms with Gasteiger partial charge < -0.3 is 16.0 Å². The van der Waals surface area contributed by atoms with Gasteiger partial charge in [-0.3, -0.25) is 4.55 Å². The molecule has 0 bridgehead atoms. The minimum atomic E-state index is -4.39. The number of hydrogen-bond acceptors (Lipinski definition) is 7. The van der Waals surface area contributed by atoms with Crippen molar-refractivity contribution >= 4 is 43.6 Å². The minimum absolute atomic E-state index is 0.182. The van der Waals surface area contributed by atoms with Gasteiger partial charge >= 0.3 is 0 Å². The molecule has 152 valence electrons. The molecule has 0 spiro atoms. The molecule has 0 aliphatic carbocycles. The number of nitrogens with two attached hydrogens (primary N) is 1.